The van der Waals surface area contributed by atoms with Gasteiger partial charge in [-0.25, -0.2) is 0 Å². The lowest BCUT2D eigenvalue weighted by atomic mass is 10.1. The predicted molar refractivity (Wildman–Crippen MR) is 82.3 cm³/mol. The molecule has 1 aromatic carbocycles. The van der Waals surface area contributed by atoms with E-state index in [1.165, 1.54) is 13.2 Å². The summed E-state index contributed by atoms with van der Waals surface area (Å²) in [4.78, 5) is 12.0. The zero-order valence-electron chi connectivity index (χ0n) is 13.0. The maximum Gasteiger partial charge on any atom is 0.254 e. The molecule has 1 aromatic heterocycles. The molecule has 22 heavy (non-hydrogen) atoms. The van der Waals surface area contributed by atoms with Gasteiger partial charge in [0.2, 0.25) is 5.75 Å². The molecule has 0 aliphatic carbocycles. The average molecular weight is 305 g/mol. The number of aromatic hydroxyl groups is 1. The van der Waals surface area contributed by atoms with E-state index in [9.17, 15) is 9.90 Å². The second kappa shape index (κ2) is 6.43. The summed E-state index contributed by atoms with van der Waals surface area (Å²) in [7, 11) is 4.62. The van der Waals surface area contributed by atoms with E-state index in [0.717, 1.165) is 5.56 Å². The Balaban J connectivity index is 2.49. The van der Waals surface area contributed by atoms with E-state index < -0.39 is 0 Å². The lowest BCUT2D eigenvalue weighted by Crippen LogP contribution is -2.21. The van der Waals surface area contributed by atoms with Gasteiger partial charge in [-0.05, 0) is 30.7 Å². The summed E-state index contributed by atoms with van der Waals surface area (Å²) in [5.74, 6) is 1.52. The summed E-state index contributed by atoms with van der Waals surface area (Å²) < 4.78 is 17.4. The van der Waals surface area contributed by atoms with E-state index in [2.05, 4.69) is 0 Å². The maximum absolute atomic E-state index is 12.0. The fraction of sp³-hybridized carbons (Fsp3) is 0.312. The Kier molecular flexibility index (Phi) is 4.60. The van der Waals surface area contributed by atoms with Crippen LogP contribution in [0.5, 0.6) is 23.0 Å². The van der Waals surface area contributed by atoms with E-state index in [1.807, 2.05) is 0 Å². The maximum atomic E-state index is 12.0. The van der Waals surface area contributed by atoms with Crippen molar-refractivity contribution < 1.29 is 19.3 Å². The topological polar surface area (TPSA) is 69.9 Å². The second-order valence-electron chi connectivity index (χ2n) is 4.81. The minimum Gasteiger partial charge on any atom is -0.508 e. The molecule has 0 fully saturated rings. The molecule has 0 saturated heterocycles. The Labute approximate surface area is 128 Å². The minimum absolute atomic E-state index is 0.0383. The molecule has 1 heterocycles. The number of nitrogens with zero attached hydrogens (tertiary/aromatic N) is 1. The summed E-state index contributed by atoms with van der Waals surface area (Å²) >= 11 is 0. The molecule has 0 amide bonds. The zero-order valence-corrected chi connectivity index (χ0v) is 13.0. The molecule has 0 atom stereocenters. The Morgan fingerprint density at radius 3 is 2.05 bits per heavy atom. The molecule has 1 N–H and O–H groups in total. The van der Waals surface area contributed by atoms with Crippen LogP contribution < -0.4 is 19.8 Å². The molecule has 0 saturated carbocycles. The molecule has 0 aliphatic rings. The van der Waals surface area contributed by atoms with Crippen molar-refractivity contribution >= 4 is 0 Å². The summed E-state index contributed by atoms with van der Waals surface area (Å²) in [6.07, 6.45) is 0. The van der Waals surface area contributed by atoms with Gasteiger partial charge in [-0.1, -0.05) is 0 Å². The van der Waals surface area contributed by atoms with Crippen LogP contribution in [0.3, 0.4) is 0 Å². The zero-order chi connectivity index (χ0) is 16.3. The summed E-state index contributed by atoms with van der Waals surface area (Å²) in [5, 5.41) is 9.45. The van der Waals surface area contributed by atoms with Crippen LogP contribution in [0.2, 0.25) is 0 Å². The first kappa shape index (κ1) is 15.8. The van der Waals surface area contributed by atoms with Crippen LogP contribution in [-0.2, 0) is 6.54 Å². The lowest BCUT2D eigenvalue weighted by molar-refractivity contribution is 0.323. The van der Waals surface area contributed by atoms with Crippen LogP contribution >= 0.6 is 0 Å². The van der Waals surface area contributed by atoms with E-state index >= 15 is 0 Å². The highest BCUT2D eigenvalue weighted by Crippen LogP contribution is 2.38. The molecule has 0 radical (unpaired) electrons. The van der Waals surface area contributed by atoms with E-state index in [4.69, 9.17) is 14.2 Å². The first-order valence-electron chi connectivity index (χ1n) is 6.69. The fourth-order valence-electron chi connectivity index (χ4n) is 2.32. The number of hydrogen-bond donors (Lipinski definition) is 1. The second-order valence-corrected chi connectivity index (χ2v) is 4.81. The van der Waals surface area contributed by atoms with Gasteiger partial charge in [0, 0.05) is 11.8 Å². The molecule has 0 bridgehead atoms. The SMILES string of the molecule is COc1cc(Cn2c(C)cc(O)cc2=O)cc(OC)c1OC. The van der Waals surface area contributed by atoms with E-state index in [-0.39, 0.29) is 11.3 Å². The third kappa shape index (κ3) is 3.00. The number of aryl methyl sites for hydroxylation is 1. The van der Waals surface area contributed by atoms with Crippen LogP contribution in [0, 0.1) is 6.92 Å². The predicted octanol–water partition coefficient (Wildman–Crippen LogP) is 1.94. The molecular formula is C16H19NO5. The van der Waals surface area contributed by atoms with Crippen LogP contribution in [0.4, 0.5) is 0 Å². The number of ether oxygens (including phenoxy) is 3. The standard InChI is InChI=1S/C16H19NO5/c1-10-5-12(18)8-15(19)17(10)9-11-6-13(20-2)16(22-4)14(7-11)21-3/h5-8,18H,9H2,1-4H3. The summed E-state index contributed by atoms with van der Waals surface area (Å²) in [6.45, 7) is 2.10. The Hall–Kier alpha value is -2.63. The van der Waals surface area contributed by atoms with Crippen molar-refractivity contribution in [2.24, 2.45) is 0 Å². The van der Waals surface area contributed by atoms with Gasteiger partial charge in [-0.15, -0.1) is 0 Å². The molecule has 118 valence electrons. The Morgan fingerprint density at radius 1 is 1.00 bits per heavy atom. The molecule has 0 spiro atoms. The Morgan fingerprint density at radius 2 is 1.59 bits per heavy atom. The molecule has 0 unspecified atom stereocenters. The Bertz CT molecular complexity index is 711. The van der Waals surface area contributed by atoms with Crippen LogP contribution in [0.1, 0.15) is 11.3 Å². The summed E-state index contributed by atoms with van der Waals surface area (Å²) in [6, 6.07) is 6.31. The molecule has 2 aromatic rings. The smallest absolute Gasteiger partial charge is 0.254 e. The van der Waals surface area contributed by atoms with Gasteiger partial charge < -0.3 is 23.9 Å². The molecule has 6 heteroatoms. The van der Waals surface area contributed by atoms with E-state index in [1.54, 1.807) is 43.9 Å². The fourth-order valence-corrected chi connectivity index (χ4v) is 2.32. The van der Waals surface area contributed by atoms with Gasteiger partial charge in [-0.2, -0.15) is 0 Å². The van der Waals surface area contributed by atoms with Gasteiger partial charge in [0.25, 0.3) is 5.56 Å². The third-order valence-corrected chi connectivity index (χ3v) is 3.39. The highest BCUT2D eigenvalue weighted by atomic mass is 16.5. The number of hydrogen-bond acceptors (Lipinski definition) is 5. The van der Waals surface area contributed by atoms with Crippen molar-refractivity contribution in [2.45, 2.75) is 13.5 Å². The average Bonchev–Trinajstić information content (AvgIpc) is 2.49. The lowest BCUT2D eigenvalue weighted by Gasteiger charge is -2.15. The number of benzene rings is 1. The highest BCUT2D eigenvalue weighted by molar-refractivity contribution is 5.53. The van der Waals surface area contributed by atoms with E-state index in [0.29, 0.717) is 29.5 Å². The number of pyridine rings is 1. The largest absolute Gasteiger partial charge is 0.508 e. The molecule has 6 nitrogen and oxygen atoms in total. The van der Waals surface area contributed by atoms with Gasteiger partial charge >= 0.3 is 0 Å². The van der Waals surface area contributed by atoms with Crippen molar-refractivity contribution in [1.82, 2.24) is 4.57 Å². The van der Waals surface area contributed by atoms with Gasteiger partial charge in [0.05, 0.1) is 27.9 Å². The van der Waals surface area contributed by atoms with Gasteiger partial charge in [0.15, 0.2) is 11.5 Å². The van der Waals surface area contributed by atoms with Crippen molar-refractivity contribution in [3.05, 3.63) is 45.9 Å². The highest BCUT2D eigenvalue weighted by Gasteiger charge is 2.14. The molecule has 0 aliphatic heterocycles. The van der Waals surface area contributed by atoms with Crippen LogP contribution in [-0.4, -0.2) is 31.0 Å². The number of aromatic nitrogens is 1. The van der Waals surface area contributed by atoms with Crippen LogP contribution in [0.25, 0.3) is 0 Å². The van der Waals surface area contributed by atoms with Crippen LogP contribution in [0.15, 0.2) is 29.1 Å². The molecular weight excluding hydrogens is 286 g/mol. The first-order valence-corrected chi connectivity index (χ1v) is 6.69. The molecule has 2 rings (SSSR count). The van der Waals surface area contributed by atoms with Crippen molar-refractivity contribution in [2.75, 3.05) is 21.3 Å². The van der Waals surface area contributed by atoms with Crippen molar-refractivity contribution in [3.63, 3.8) is 0 Å². The first-order chi connectivity index (χ1) is 10.5. The van der Waals surface area contributed by atoms with Crippen molar-refractivity contribution in [1.29, 1.82) is 0 Å². The van der Waals surface area contributed by atoms with Gasteiger partial charge in [-0.3, -0.25) is 4.79 Å². The third-order valence-electron chi connectivity index (χ3n) is 3.39. The van der Waals surface area contributed by atoms with Crippen molar-refractivity contribution in [3.8, 4) is 23.0 Å². The monoisotopic (exact) mass is 305 g/mol. The van der Waals surface area contributed by atoms with Gasteiger partial charge in [0.1, 0.15) is 5.75 Å². The number of methoxy groups -OCH3 is 3. The summed E-state index contributed by atoms with van der Waals surface area (Å²) in [5.41, 5.74) is 1.22. The normalized spacial score (nSPS) is 10.4. The quantitative estimate of drug-likeness (QED) is 0.914. The number of rotatable bonds is 5. The minimum atomic E-state index is -0.272.